The van der Waals surface area contributed by atoms with Crippen molar-refractivity contribution in [3.05, 3.63) is 54.1 Å². The number of carbonyl (C=O) groups excluding carboxylic acids is 1. The van der Waals surface area contributed by atoms with Crippen molar-refractivity contribution in [3.8, 4) is 11.5 Å². The molecule has 1 unspecified atom stereocenters. The second-order valence-corrected chi connectivity index (χ2v) is 4.98. The fourth-order valence-corrected chi connectivity index (χ4v) is 2.04. The van der Waals surface area contributed by atoms with Crippen molar-refractivity contribution in [1.82, 2.24) is 0 Å². The zero-order valence-corrected chi connectivity index (χ0v) is 13.1. The highest BCUT2D eigenvalue weighted by Crippen LogP contribution is 2.18. The van der Waals surface area contributed by atoms with Crippen molar-refractivity contribution >= 4 is 11.6 Å². The summed E-state index contributed by atoms with van der Waals surface area (Å²) < 4.78 is 10.8. The van der Waals surface area contributed by atoms with Crippen LogP contribution in [0.15, 0.2) is 48.5 Å². The topological polar surface area (TPSA) is 47.6 Å². The largest absolute Gasteiger partial charge is 0.497 e. The zero-order chi connectivity index (χ0) is 15.9. The lowest BCUT2D eigenvalue weighted by Gasteiger charge is -2.15. The van der Waals surface area contributed by atoms with Crippen molar-refractivity contribution in [2.75, 3.05) is 12.4 Å². The highest BCUT2D eigenvalue weighted by molar-refractivity contribution is 5.94. The Balaban J connectivity index is 1.99. The van der Waals surface area contributed by atoms with Gasteiger partial charge in [0.2, 0.25) is 0 Å². The van der Waals surface area contributed by atoms with Gasteiger partial charge in [-0.25, -0.2) is 0 Å². The molecule has 2 aromatic rings. The molecule has 22 heavy (non-hydrogen) atoms. The van der Waals surface area contributed by atoms with E-state index < -0.39 is 6.10 Å². The minimum absolute atomic E-state index is 0.199. The van der Waals surface area contributed by atoms with Crippen LogP contribution in [0.25, 0.3) is 0 Å². The molecule has 0 heterocycles. The molecule has 4 heteroatoms. The second kappa shape index (κ2) is 7.50. The standard InChI is InChI=1S/C18H21NO3/c1-4-14-7-5-10-17(11-14)22-13(2)18(20)19-15-8-6-9-16(12-15)21-3/h5-13H,4H2,1-3H3,(H,19,20). The number of aryl methyl sites for hydroxylation is 1. The van der Waals surface area contributed by atoms with Crippen molar-refractivity contribution in [2.45, 2.75) is 26.4 Å². The van der Waals surface area contributed by atoms with Crippen LogP contribution in [0.3, 0.4) is 0 Å². The first-order valence-corrected chi connectivity index (χ1v) is 7.33. The van der Waals surface area contributed by atoms with Crippen LogP contribution in [0.1, 0.15) is 19.4 Å². The smallest absolute Gasteiger partial charge is 0.265 e. The Labute approximate surface area is 131 Å². The highest BCUT2D eigenvalue weighted by Gasteiger charge is 2.15. The van der Waals surface area contributed by atoms with Gasteiger partial charge in [0.1, 0.15) is 11.5 Å². The molecule has 0 saturated heterocycles. The Morgan fingerprint density at radius 3 is 2.59 bits per heavy atom. The molecule has 1 amide bonds. The van der Waals surface area contributed by atoms with Gasteiger partial charge in [0.25, 0.3) is 5.91 Å². The molecule has 0 aliphatic heterocycles. The molecular weight excluding hydrogens is 278 g/mol. The maximum atomic E-state index is 12.2. The molecule has 1 N–H and O–H groups in total. The summed E-state index contributed by atoms with van der Waals surface area (Å²) in [6, 6.07) is 15.0. The van der Waals surface area contributed by atoms with Gasteiger partial charge in [-0.1, -0.05) is 25.1 Å². The number of hydrogen-bond donors (Lipinski definition) is 1. The number of amides is 1. The van der Waals surface area contributed by atoms with Gasteiger partial charge < -0.3 is 14.8 Å². The summed E-state index contributed by atoms with van der Waals surface area (Å²) in [4.78, 5) is 12.2. The van der Waals surface area contributed by atoms with Crippen LogP contribution in [-0.4, -0.2) is 19.1 Å². The second-order valence-electron chi connectivity index (χ2n) is 4.98. The molecule has 1 atom stereocenters. The van der Waals surface area contributed by atoms with Crippen molar-refractivity contribution < 1.29 is 14.3 Å². The molecule has 4 nitrogen and oxygen atoms in total. The quantitative estimate of drug-likeness (QED) is 0.885. The fourth-order valence-electron chi connectivity index (χ4n) is 2.04. The minimum Gasteiger partial charge on any atom is -0.497 e. The van der Waals surface area contributed by atoms with E-state index in [0.717, 1.165) is 6.42 Å². The molecule has 2 rings (SSSR count). The molecule has 0 aromatic heterocycles. The molecule has 2 aromatic carbocycles. The number of anilines is 1. The lowest BCUT2D eigenvalue weighted by atomic mass is 10.2. The predicted molar refractivity (Wildman–Crippen MR) is 87.5 cm³/mol. The van der Waals surface area contributed by atoms with E-state index in [2.05, 4.69) is 12.2 Å². The van der Waals surface area contributed by atoms with Crippen LogP contribution >= 0.6 is 0 Å². The summed E-state index contributed by atoms with van der Waals surface area (Å²) in [7, 11) is 1.59. The number of carbonyl (C=O) groups is 1. The fraction of sp³-hybridized carbons (Fsp3) is 0.278. The first kappa shape index (κ1) is 15.9. The first-order chi connectivity index (χ1) is 10.6. The molecule has 116 valence electrons. The Morgan fingerprint density at radius 2 is 1.86 bits per heavy atom. The summed E-state index contributed by atoms with van der Waals surface area (Å²) in [6.07, 6.45) is 0.347. The van der Waals surface area contributed by atoms with Gasteiger partial charge in [-0.05, 0) is 43.2 Å². The van der Waals surface area contributed by atoms with E-state index in [1.54, 1.807) is 20.1 Å². The van der Waals surface area contributed by atoms with Crippen LogP contribution < -0.4 is 14.8 Å². The molecule has 0 aliphatic rings. The number of benzene rings is 2. The molecule has 0 radical (unpaired) electrons. The number of methoxy groups -OCH3 is 1. The van der Waals surface area contributed by atoms with Gasteiger partial charge >= 0.3 is 0 Å². The Morgan fingerprint density at radius 1 is 1.14 bits per heavy atom. The molecule has 0 spiro atoms. The summed E-state index contributed by atoms with van der Waals surface area (Å²) in [5, 5.41) is 2.82. The first-order valence-electron chi connectivity index (χ1n) is 7.33. The van der Waals surface area contributed by atoms with E-state index in [1.165, 1.54) is 5.56 Å². The van der Waals surface area contributed by atoms with E-state index in [4.69, 9.17) is 9.47 Å². The third-order valence-electron chi connectivity index (χ3n) is 3.33. The Hall–Kier alpha value is -2.49. The van der Waals surface area contributed by atoms with Crippen LogP contribution in [0, 0.1) is 0 Å². The summed E-state index contributed by atoms with van der Waals surface area (Å²) in [5.74, 6) is 1.20. The lowest BCUT2D eigenvalue weighted by molar-refractivity contribution is -0.122. The van der Waals surface area contributed by atoms with E-state index >= 15 is 0 Å². The number of rotatable bonds is 6. The molecule has 0 aliphatic carbocycles. The van der Waals surface area contributed by atoms with Gasteiger partial charge in [0.05, 0.1) is 7.11 Å². The summed E-state index contributed by atoms with van der Waals surface area (Å²) >= 11 is 0. The van der Waals surface area contributed by atoms with Crippen LogP contribution in [0.2, 0.25) is 0 Å². The van der Waals surface area contributed by atoms with Gasteiger partial charge in [-0.15, -0.1) is 0 Å². The third kappa shape index (κ3) is 4.25. The summed E-state index contributed by atoms with van der Waals surface area (Å²) in [6.45, 7) is 3.81. The number of ether oxygens (including phenoxy) is 2. The number of nitrogens with one attached hydrogen (secondary N) is 1. The van der Waals surface area contributed by atoms with Crippen molar-refractivity contribution in [2.24, 2.45) is 0 Å². The Bertz CT molecular complexity index is 640. The summed E-state index contributed by atoms with van der Waals surface area (Å²) in [5.41, 5.74) is 1.86. The maximum Gasteiger partial charge on any atom is 0.265 e. The van der Waals surface area contributed by atoms with Crippen LogP contribution in [-0.2, 0) is 11.2 Å². The number of hydrogen-bond acceptors (Lipinski definition) is 3. The van der Waals surface area contributed by atoms with Gasteiger partial charge in [-0.2, -0.15) is 0 Å². The zero-order valence-electron chi connectivity index (χ0n) is 13.1. The van der Waals surface area contributed by atoms with Crippen LogP contribution in [0.4, 0.5) is 5.69 Å². The van der Waals surface area contributed by atoms with E-state index in [0.29, 0.717) is 17.2 Å². The molecule has 0 saturated carbocycles. The van der Waals surface area contributed by atoms with E-state index in [1.807, 2.05) is 42.5 Å². The highest BCUT2D eigenvalue weighted by atomic mass is 16.5. The van der Waals surface area contributed by atoms with E-state index in [-0.39, 0.29) is 5.91 Å². The average molecular weight is 299 g/mol. The maximum absolute atomic E-state index is 12.2. The Kier molecular flexibility index (Phi) is 5.42. The van der Waals surface area contributed by atoms with Crippen molar-refractivity contribution in [1.29, 1.82) is 0 Å². The van der Waals surface area contributed by atoms with Gasteiger partial charge in [-0.3, -0.25) is 4.79 Å². The molecule has 0 bridgehead atoms. The van der Waals surface area contributed by atoms with Crippen molar-refractivity contribution in [3.63, 3.8) is 0 Å². The van der Waals surface area contributed by atoms with Gasteiger partial charge in [0, 0.05) is 11.8 Å². The van der Waals surface area contributed by atoms with E-state index in [9.17, 15) is 4.79 Å². The molecular formula is C18H21NO3. The third-order valence-corrected chi connectivity index (χ3v) is 3.33. The average Bonchev–Trinajstić information content (AvgIpc) is 2.55. The van der Waals surface area contributed by atoms with Crippen LogP contribution in [0.5, 0.6) is 11.5 Å². The lowest BCUT2D eigenvalue weighted by Crippen LogP contribution is -2.30. The van der Waals surface area contributed by atoms with Gasteiger partial charge in [0.15, 0.2) is 6.10 Å². The monoisotopic (exact) mass is 299 g/mol. The normalized spacial score (nSPS) is 11.6. The predicted octanol–water partition coefficient (Wildman–Crippen LogP) is 3.66. The minimum atomic E-state index is -0.585. The SMILES string of the molecule is CCc1cccc(OC(C)C(=O)Nc2cccc(OC)c2)c1. The molecule has 0 fully saturated rings.